The summed E-state index contributed by atoms with van der Waals surface area (Å²) in [7, 11) is 0. The molecule has 1 aliphatic heterocycles. The number of hydrogen-bond donors (Lipinski definition) is 2. The van der Waals surface area contributed by atoms with Gasteiger partial charge in [0.15, 0.2) is 0 Å². The standard InChI is InChI=1S/C20H23N3O2.2ClH/c24-19(17-12-20(17)8-10-21-11-9-20)23-14-15-6-7-18(22-13-15)25-16-4-2-1-3-5-16;;/h1-7,13,17,21H,8-12,14H2,(H,23,24);2*1H. The third kappa shape index (κ3) is 5.12. The number of carbonyl (C=O) groups is 1. The fourth-order valence-electron chi connectivity index (χ4n) is 3.69. The van der Waals surface area contributed by atoms with Crippen molar-refractivity contribution in [1.29, 1.82) is 0 Å². The number of pyridine rings is 1. The summed E-state index contributed by atoms with van der Waals surface area (Å²) in [6.07, 6.45) is 5.05. The van der Waals surface area contributed by atoms with Crippen molar-refractivity contribution in [2.75, 3.05) is 13.1 Å². The van der Waals surface area contributed by atoms with Crippen LogP contribution in [-0.4, -0.2) is 24.0 Å². The van der Waals surface area contributed by atoms with Crippen molar-refractivity contribution in [2.24, 2.45) is 11.3 Å². The van der Waals surface area contributed by atoms with E-state index in [1.807, 2.05) is 42.5 Å². The molecule has 7 heteroatoms. The van der Waals surface area contributed by atoms with Crippen LogP contribution in [0.15, 0.2) is 48.7 Å². The number of hydrogen-bond acceptors (Lipinski definition) is 4. The molecule has 1 aromatic heterocycles. The second kappa shape index (κ2) is 9.40. The van der Waals surface area contributed by atoms with Crippen molar-refractivity contribution < 1.29 is 9.53 Å². The predicted molar refractivity (Wildman–Crippen MR) is 110 cm³/mol. The maximum Gasteiger partial charge on any atom is 0.223 e. The van der Waals surface area contributed by atoms with Crippen LogP contribution in [0.25, 0.3) is 0 Å². The van der Waals surface area contributed by atoms with Crippen molar-refractivity contribution in [1.82, 2.24) is 15.6 Å². The molecule has 1 saturated heterocycles. The zero-order valence-electron chi connectivity index (χ0n) is 15.0. The first kappa shape index (κ1) is 21.5. The molecule has 1 atom stereocenters. The Morgan fingerprint density at radius 2 is 1.89 bits per heavy atom. The minimum atomic E-state index is 0. The zero-order chi connectivity index (χ0) is 17.1. The average Bonchev–Trinajstić information content (AvgIpc) is 3.35. The number of amides is 1. The number of nitrogens with zero attached hydrogens (tertiary/aromatic N) is 1. The zero-order valence-corrected chi connectivity index (χ0v) is 16.7. The third-order valence-corrected chi connectivity index (χ3v) is 5.34. The maximum absolute atomic E-state index is 12.4. The summed E-state index contributed by atoms with van der Waals surface area (Å²) in [4.78, 5) is 16.7. The maximum atomic E-state index is 12.4. The summed E-state index contributed by atoms with van der Waals surface area (Å²) >= 11 is 0. The van der Waals surface area contributed by atoms with Gasteiger partial charge in [0.25, 0.3) is 0 Å². The molecular formula is C20H25Cl2N3O2. The SMILES string of the molecule is Cl.Cl.O=C(NCc1ccc(Oc2ccccc2)nc1)C1CC12CCNCC2. The van der Waals surface area contributed by atoms with E-state index in [9.17, 15) is 4.79 Å². The van der Waals surface area contributed by atoms with Crippen molar-refractivity contribution in [2.45, 2.75) is 25.8 Å². The first-order valence-corrected chi connectivity index (χ1v) is 8.91. The molecule has 1 aromatic carbocycles. The first-order valence-electron chi connectivity index (χ1n) is 8.91. The van der Waals surface area contributed by atoms with Crippen LogP contribution in [0.2, 0.25) is 0 Å². The van der Waals surface area contributed by atoms with E-state index in [1.165, 1.54) is 0 Å². The van der Waals surface area contributed by atoms with Gasteiger partial charge in [0.05, 0.1) is 0 Å². The molecule has 2 N–H and O–H groups in total. The van der Waals surface area contributed by atoms with Crippen LogP contribution in [0.3, 0.4) is 0 Å². The Bertz CT molecular complexity index is 735. The quantitative estimate of drug-likeness (QED) is 0.789. The lowest BCUT2D eigenvalue weighted by atomic mass is 9.92. The number of aromatic nitrogens is 1. The second-order valence-electron chi connectivity index (χ2n) is 7.01. The third-order valence-electron chi connectivity index (χ3n) is 5.34. The van der Waals surface area contributed by atoms with E-state index < -0.39 is 0 Å². The van der Waals surface area contributed by atoms with Gasteiger partial charge in [-0.2, -0.15) is 0 Å². The fraction of sp³-hybridized carbons (Fsp3) is 0.400. The molecule has 1 unspecified atom stereocenters. The molecule has 1 saturated carbocycles. The van der Waals surface area contributed by atoms with Gasteiger partial charge >= 0.3 is 0 Å². The van der Waals surface area contributed by atoms with Crippen molar-refractivity contribution in [3.05, 3.63) is 54.2 Å². The molecule has 0 bridgehead atoms. The van der Waals surface area contributed by atoms with Crippen molar-refractivity contribution in [3.63, 3.8) is 0 Å². The molecule has 4 rings (SSSR count). The Morgan fingerprint density at radius 1 is 1.15 bits per heavy atom. The molecule has 5 nitrogen and oxygen atoms in total. The van der Waals surface area contributed by atoms with Gasteiger partial charge < -0.3 is 15.4 Å². The van der Waals surface area contributed by atoms with Gasteiger partial charge in [-0.15, -0.1) is 24.8 Å². The van der Waals surface area contributed by atoms with E-state index >= 15 is 0 Å². The minimum Gasteiger partial charge on any atom is -0.439 e. The van der Waals surface area contributed by atoms with Gasteiger partial charge in [-0.3, -0.25) is 4.79 Å². The molecule has 2 aromatic rings. The summed E-state index contributed by atoms with van der Waals surface area (Å²) in [5, 5.41) is 6.43. The monoisotopic (exact) mass is 409 g/mol. The van der Waals surface area contributed by atoms with Crippen LogP contribution < -0.4 is 15.4 Å². The van der Waals surface area contributed by atoms with Crippen molar-refractivity contribution in [3.8, 4) is 11.6 Å². The molecule has 0 radical (unpaired) electrons. The Hall–Kier alpha value is -1.82. The summed E-state index contributed by atoms with van der Waals surface area (Å²) in [6, 6.07) is 13.3. The minimum absolute atomic E-state index is 0. The van der Waals surface area contributed by atoms with Crippen LogP contribution in [0.5, 0.6) is 11.6 Å². The summed E-state index contributed by atoms with van der Waals surface area (Å²) in [6.45, 7) is 2.59. The number of halogens is 2. The Labute approximate surface area is 172 Å². The topological polar surface area (TPSA) is 63.2 Å². The van der Waals surface area contributed by atoms with Gasteiger partial charge in [-0.1, -0.05) is 24.3 Å². The number of ether oxygens (including phenoxy) is 1. The van der Waals surface area contributed by atoms with Gasteiger partial charge in [0.2, 0.25) is 11.8 Å². The molecule has 27 heavy (non-hydrogen) atoms. The highest BCUT2D eigenvalue weighted by atomic mass is 35.5. The van der Waals surface area contributed by atoms with E-state index in [1.54, 1.807) is 6.20 Å². The average molecular weight is 410 g/mol. The van der Waals surface area contributed by atoms with E-state index in [4.69, 9.17) is 4.74 Å². The smallest absolute Gasteiger partial charge is 0.223 e. The Kier molecular flexibility index (Phi) is 7.48. The van der Waals surface area contributed by atoms with E-state index in [0.717, 1.165) is 43.7 Å². The van der Waals surface area contributed by atoms with E-state index in [0.29, 0.717) is 12.4 Å². The van der Waals surface area contributed by atoms with Crippen LogP contribution in [0.4, 0.5) is 0 Å². The lowest BCUT2D eigenvalue weighted by molar-refractivity contribution is -0.123. The Balaban J connectivity index is 0.00000131. The number of carbonyl (C=O) groups excluding carboxylic acids is 1. The number of rotatable bonds is 5. The second-order valence-corrected chi connectivity index (χ2v) is 7.01. The molecule has 1 spiro atoms. The highest BCUT2D eigenvalue weighted by molar-refractivity contribution is 5.85. The molecule has 2 fully saturated rings. The highest BCUT2D eigenvalue weighted by Gasteiger charge is 2.57. The fourth-order valence-corrected chi connectivity index (χ4v) is 3.69. The van der Waals surface area contributed by atoms with E-state index in [2.05, 4.69) is 15.6 Å². The van der Waals surface area contributed by atoms with Gasteiger partial charge in [0, 0.05) is 24.7 Å². The van der Waals surface area contributed by atoms with Gasteiger partial charge in [0.1, 0.15) is 5.75 Å². The predicted octanol–water partition coefficient (Wildman–Crippen LogP) is 3.72. The number of nitrogens with one attached hydrogen (secondary N) is 2. The first-order chi connectivity index (χ1) is 12.3. The van der Waals surface area contributed by atoms with Crippen LogP contribution in [0, 0.1) is 11.3 Å². The van der Waals surface area contributed by atoms with Crippen LogP contribution in [0.1, 0.15) is 24.8 Å². The van der Waals surface area contributed by atoms with Gasteiger partial charge in [-0.05, 0) is 55.5 Å². The number of benzene rings is 1. The lowest BCUT2D eigenvalue weighted by Crippen LogP contribution is -2.33. The Morgan fingerprint density at radius 3 is 2.56 bits per heavy atom. The summed E-state index contributed by atoms with van der Waals surface area (Å²) in [5.74, 6) is 1.70. The lowest BCUT2D eigenvalue weighted by Gasteiger charge is -2.23. The van der Waals surface area contributed by atoms with Crippen LogP contribution in [-0.2, 0) is 11.3 Å². The largest absolute Gasteiger partial charge is 0.439 e. The van der Waals surface area contributed by atoms with Crippen molar-refractivity contribution >= 4 is 30.7 Å². The van der Waals surface area contributed by atoms with E-state index in [-0.39, 0.29) is 42.1 Å². The molecule has 2 aliphatic rings. The van der Waals surface area contributed by atoms with Crippen LogP contribution >= 0.6 is 24.8 Å². The molecule has 1 amide bonds. The summed E-state index contributed by atoms with van der Waals surface area (Å²) in [5.41, 5.74) is 1.26. The molecular weight excluding hydrogens is 385 g/mol. The number of para-hydroxylation sites is 1. The molecule has 1 aliphatic carbocycles. The highest BCUT2D eigenvalue weighted by Crippen LogP contribution is 2.58. The summed E-state index contributed by atoms with van der Waals surface area (Å²) < 4.78 is 5.68. The molecule has 146 valence electrons. The van der Waals surface area contributed by atoms with Gasteiger partial charge in [-0.25, -0.2) is 4.98 Å². The normalized spacial score (nSPS) is 19.3. The molecule has 2 heterocycles. The number of piperidine rings is 1.